The summed E-state index contributed by atoms with van der Waals surface area (Å²) in [4.78, 5) is 4.60. The quantitative estimate of drug-likeness (QED) is 0.313. The van der Waals surface area contributed by atoms with Gasteiger partial charge in [-0.2, -0.15) is 0 Å². The average Bonchev–Trinajstić information content (AvgIpc) is 2.83. The van der Waals surface area contributed by atoms with Gasteiger partial charge < -0.3 is 15.4 Å². The minimum Gasteiger partial charge on any atom is -0.376 e. The van der Waals surface area contributed by atoms with Crippen LogP contribution in [0, 0.1) is 5.41 Å². The lowest BCUT2D eigenvalue weighted by Gasteiger charge is -2.18. The molecule has 0 radical (unpaired) electrons. The second kappa shape index (κ2) is 10.7. The molecule has 0 bridgehead atoms. The second-order valence-electron chi connectivity index (χ2n) is 6.45. The van der Waals surface area contributed by atoms with Crippen LogP contribution in [0.4, 0.5) is 0 Å². The first kappa shape index (κ1) is 20.0. The normalized spacial score (nSPS) is 19.6. The van der Waals surface area contributed by atoms with Crippen LogP contribution in [0.5, 0.6) is 0 Å². The van der Waals surface area contributed by atoms with Crippen molar-refractivity contribution in [3.8, 4) is 0 Å². The highest BCUT2D eigenvalue weighted by molar-refractivity contribution is 14.0. The average molecular weight is 397 g/mol. The minimum atomic E-state index is 0. The standard InChI is InChI=1S/C15H31N3O.HI/c1-5-16-14(17-10-7-9-15(2,3)4)18-12-13-8-6-11-19-13;/h13H,5-12H2,1-4H3,(H2,16,17,18);1H. The molecule has 1 saturated heterocycles. The molecule has 0 aromatic rings. The van der Waals surface area contributed by atoms with Crippen LogP contribution < -0.4 is 10.6 Å². The Kier molecular flexibility index (Phi) is 10.6. The highest BCUT2D eigenvalue weighted by Gasteiger charge is 2.15. The summed E-state index contributed by atoms with van der Waals surface area (Å²) in [6.45, 7) is 12.5. The smallest absolute Gasteiger partial charge is 0.191 e. The molecule has 1 unspecified atom stereocenters. The molecule has 0 aromatic carbocycles. The predicted octanol–water partition coefficient (Wildman–Crippen LogP) is 3.16. The topological polar surface area (TPSA) is 45.7 Å². The SMILES string of the molecule is CCNC(=NCC1CCCO1)NCCCC(C)(C)C.I. The van der Waals surface area contributed by atoms with Crippen molar-refractivity contribution in [2.75, 3.05) is 26.2 Å². The third-order valence-electron chi connectivity index (χ3n) is 3.22. The summed E-state index contributed by atoms with van der Waals surface area (Å²) >= 11 is 0. The van der Waals surface area contributed by atoms with Gasteiger partial charge in [0.05, 0.1) is 12.6 Å². The summed E-state index contributed by atoms with van der Waals surface area (Å²) < 4.78 is 5.59. The molecule has 0 amide bonds. The number of hydrogen-bond acceptors (Lipinski definition) is 2. The number of nitrogens with zero attached hydrogens (tertiary/aromatic N) is 1. The van der Waals surface area contributed by atoms with E-state index in [0.29, 0.717) is 11.5 Å². The van der Waals surface area contributed by atoms with Gasteiger partial charge in [0.25, 0.3) is 0 Å². The van der Waals surface area contributed by atoms with Gasteiger partial charge >= 0.3 is 0 Å². The van der Waals surface area contributed by atoms with Gasteiger partial charge in [0.1, 0.15) is 0 Å². The number of hydrogen-bond donors (Lipinski definition) is 2. The summed E-state index contributed by atoms with van der Waals surface area (Å²) in [5.41, 5.74) is 0.412. The van der Waals surface area contributed by atoms with Gasteiger partial charge in [-0.15, -0.1) is 24.0 Å². The Morgan fingerprint density at radius 3 is 2.60 bits per heavy atom. The van der Waals surface area contributed by atoms with E-state index in [9.17, 15) is 0 Å². The summed E-state index contributed by atoms with van der Waals surface area (Å²) in [7, 11) is 0. The predicted molar refractivity (Wildman–Crippen MR) is 97.1 cm³/mol. The van der Waals surface area contributed by atoms with Crippen LogP contribution in [0.15, 0.2) is 4.99 Å². The zero-order chi connectivity index (χ0) is 14.1. The lowest BCUT2D eigenvalue weighted by molar-refractivity contribution is 0.117. The Hall–Kier alpha value is -0.0400. The van der Waals surface area contributed by atoms with Gasteiger partial charge in [-0.05, 0) is 38.0 Å². The monoisotopic (exact) mass is 397 g/mol. The number of guanidine groups is 1. The van der Waals surface area contributed by atoms with Crippen molar-refractivity contribution in [3.63, 3.8) is 0 Å². The first-order valence-corrected chi connectivity index (χ1v) is 7.65. The second-order valence-corrected chi connectivity index (χ2v) is 6.45. The highest BCUT2D eigenvalue weighted by Crippen LogP contribution is 2.19. The molecule has 1 aliphatic rings. The van der Waals surface area contributed by atoms with E-state index >= 15 is 0 Å². The molecule has 2 N–H and O–H groups in total. The van der Waals surface area contributed by atoms with E-state index in [0.717, 1.165) is 38.6 Å². The summed E-state index contributed by atoms with van der Waals surface area (Å²) in [5, 5.41) is 6.69. The fourth-order valence-corrected chi connectivity index (χ4v) is 2.15. The van der Waals surface area contributed by atoms with E-state index in [4.69, 9.17) is 4.74 Å². The Bertz CT molecular complexity index is 271. The van der Waals surface area contributed by atoms with E-state index in [1.807, 2.05) is 0 Å². The van der Waals surface area contributed by atoms with Crippen LogP contribution in [-0.4, -0.2) is 38.3 Å². The van der Waals surface area contributed by atoms with Crippen molar-refractivity contribution in [1.29, 1.82) is 0 Å². The first-order chi connectivity index (χ1) is 9.01. The van der Waals surface area contributed by atoms with E-state index in [1.165, 1.54) is 19.3 Å². The van der Waals surface area contributed by atoms with Crippen molar-refractivity contribution >= 4 is 29.9 Å². The van der Waals surface area contributed by atoms with Gasteiger partial charge in [-0.3, -0.25) is 4.99 Å². The van der Waals surface area contributed by atoms with Crippen molar-refractivity contribution in [3.05, 3.63) is 0 Å². The summed E-state index contributed by atoms with van der Waals surface area (Å²) in [5.74, 6) is 0.923. The number of aliphatic imine (C=N–C) groups is 1. The van der Waals surface area contributed by atoms with E-state index in [-0.39, 0.29) is 24.0 Å². The zero-order valence-electron chi connectivity index (χ0n) is 13.5. The minimum absolute atomic E-state index is 0. The van der Waals surface area contributed by atoms with Crippen molar-refractivity contribution in [1.82, 2.24) is 10.6 Å². The number of ether oxygens (including phenoxy) is 1. The molecule has 1 heterocycles. The molecule has 4 nitrogen and oxygen atoms in total. The largest absolute Gasteiger partial charge is 0.376 e. The highest BCUT2D eigenvalue weighted by atomic mass is 127. The molecule has 0 aliphatic carbocycles. The zero-order valence-corrected chi connectivity index (χ0v) is 15.8. The van der Waals surface area contributed by atoms with Crippen LogP contribution >= 0.6 is 24.0 Å². The van der Waals surface area contributed by atoms with Crippen LogP contribution in [0.3, 0.4) is 0 Å². The van der Waals surface area contributed by atoms with E-state index < -0.39 is 0 Å². The van der Waals surface area contributed by atoms with Crippen molar-refractivity contribution in [2.45, 2.75) is 59.5 Å². The summed E-state index contributed by atoms with van der Waals surface area (Å²) in [6.07, 6.45) is 5.05. The van der Waals surface area contributed by atoms with Crippen LogP contribution in [0.2, 0.25) is 0 Å². The Balaban J connectivity index is 0.00000361. The molecule has 120 valence electrons. The van der Waals surface area contributed by atoms with Crippen molar-refractivity contribution < 1.29 is 4.74 Å². The molecule has 20 heavy (non-hydrogen) atoms. The molecule has 1 atom stereocenters. The number of nitrogens with one attached hydrogen (secondary N) is 2. The maximum absolute atomic E-state index is 5.59. The third kappa shape index (κ3) is 9.80. The fourth-order valence-electron chi connectivity index (χ4n) is 2.15. The van der Waals surface area contributed by atoms with Gasteiger partial charge in [0, 0.05) is 19.7 Å². The summed E-state index contributed by atoms with van der Waals surface area (Å²) in [6, 6.07) is 0. The Morgan fingerprint density at radius 1 is 1.30 bits per heavy atom. The van der Waals surface area contributed by atoms with Crippen LogP contribution in [0.1, 0.15) is 53.4 Å². The number of halogens is 1. The van der Waals surface area contributed by atoms with Crippen molar-refractivity contribution in [2.24, 2.45) is 10.4 Å². The molecular weight excluding hydrogens is 365 g/mol. The number of rotatable bonds is 6. The molecular formula is C15H32IN3O. The molecule has 5 heteroatoms. The molecule has 1 fully saturated rings. The maximum atomic E-state index is 5.59. The molecule has 0 saturated carbocycles. The lowest BCUT2D eigenvalue weighted by atomic mass is 9.91. The maximum Gasteiger partial charge on any atom is 0.191 e. The van der Waals surface area contributed by atoms with E-state index in [2.05, 4.69) is 43.3 Å². The Labute approximate surface area is 141 Å². The van der Waals surface area contributed by atoms with Gasteiger partial charge in [-0.1, -0.05) is 20.8 Å². The third-order valence-corrected chi connectivity index (χ3v) is 3.22. The van der Waals surface area contributed by atoms with Crippen LogP contribution in [-0.2, 0) is 4.74 Å². The molecule has 0 spiro atoms. The van der Waals surface area contributed by atoms with E-state index in [1.54, 1.807) is 0 Å². The first-order valence-electron chi connectivity index (χ1n) is 7.65. The Morgan fingerprint density at radius 2 is 2.05 bits per heavy atom. The lowest BCUT2D eigenvalue weighted by Crippen LogP contribution is -2.38. The van der Waals surface area contributed by atoms with Crippen LogP contribution in [0.25, 0.3) is 0 Å². The molecule has 1 aliphatic heterocycles. The van der Waals surface area contributed by atoms with Gasteiger partial charge in [0.2, 0.25) is 0 Å². The fraction of sp³-hybridized carbons (Fsp3) is 0.933. The molecule has 0 aromatic heterocycles. The van der Waals surface area contributed by atoms with Gasteiger partial charge in [0.15, 0.2) is 5.96 Å². The van der Waals surface area contributed by atoms with Gasteiger partial charge in [-0.25, -0.2) is 0 Å². The molecule has 1 rings (SSSR count).